The first-order valence-electron chi connectivity index (χ1n) is 6.02. The summed E-state index contributed by atoms with van der Waals surface area (Å²) in [6.45, 7) is 3.92. The van der Waals surface area contributed by atoms with E-state index in [1.165, 1.54) is 4.88 Å². The molecule has 2 aromatic rings. The summed E-state index contributed by atoms with van der Waals surface area (Å²) >= 11 is 1.72. The highest BCUT2D eigenvalue weighted by Crippen LogP contribution is 2.17. The molecule has 0 spiro atoms. The number of thiophene rings is 1. The lowest BCUT2D eigenvalue weighted by Crippen LogP contribution is -2.05. The Hall–Kier alpha value is -0.940. The van der Waals surface area contributed by atoms with E-state index < -0.39 is 10.8 Å². The highest BCUT2D eigenvalue weighted by atomic mass is 32.2. The normalized spacial score (nSPS) is 12.8. The molecule has 5 heteroatoms. The van der Waals surface area contributed by atoms with Gasteiger partial charge in [-0.2, -0.15) is 0 Å². The third-order valence-electron chi connectivity index (χ3n) is 2.86. The van der Waals surface area contributed by atoms with E-state index in [2.05, 4.69) is 16.6 Å². The first-order chi connectivity index (χ1) is 8.70. The second-order valence-corrected chi connectivity index (χ2v) is 6.74. The van der Waals surface area contributed by atoms with Gasteiger partial charge in [-0.15, -0.1) is 11.3 Å². The summed E-state index contributed by atoms with van der Waals surface area (Å²) in [5, 5.41) is 6.04. The minimum atomic E-state index is -0.850. The molecule has 0 amide bonds. The number of hydrogen-bond donors (Lipinski definition) is 0. The van der Waals surface area contributed by atoms with Gasteiger partial charge in [0.15, 0.2) is 0 Å². The molecule has 2 heterocycles. The van der Waals surface area contributed by atoms with Crippen molar-refractivity contribution in [3.8, 4) is 0 Å². The smallest absolute Gasteiger partial charge is 0.138 e. The lowest BCUT2D eigenvalue weighted by atomic mass is 10.2. The monoisotopic (exact) mass is 283 g/mol. The van der Waals surface area contributed by atoms with Crippen molar-refractivity contribution in [1.29, 1.82) is 0 Å². The van der Waals surface area contributed by atoms with Gasteiger partial charge >= 0.3 is 0 Å². The Labute approximate surface area is 114 Å². The van der Waals surface area contributed by atoms with Crippen LogP contribution in [0.4, 0.5) is 0 Å². The van der Waals surface area contributed by atoms with Gasteiger partial charge in [0.25, 0.3) is 0 Å². The van der Waals surface area contributed by atoms with Gasteiger partial charge in [-0.05, 0) is 31.2 Å². The molecule has 0 N–H and O–H groups in total. The number of hydrogen-bond acceptors (Lipinski definition) is 4. The van der Waals surface area contributed by atoms with E-state index >= 15 is 0 Å². The topological polar surface area (TPSA) is 43.1 Å². The summed E-state index contributed by atoms with van der Waals surface area (Å²) < 4.78 is 17.2. The third kappa shape index (κ3) is 3.29. The summed E-state index contributed by atoms with van der Waals surface area (Å²) in [7, 11) is -0.850. The number of rotatable bonds is 6. The van der Waals surface area contributed by atoms with E-state index in [0.717, 1.165) is 29.9 Å². The molecule has 0 saturated carbocycles. The average Bonchev–Trinajstić information content (AvgIpc) is 2.98. The van der Waals surface area contributed by atoms with E-state index in [-0.39, 0.29) is 0 Å². The molecule has 98 valence electrons. The highest BCUT2D eigenvalue weighted by Gasteiger charge is 2.14. The lowest BCUT2D eigenvalue weighted by molar-refractivity contribution is 0.390. The van der Waals surface area contributed by atoms with Crippen LogP contribution >= 0.6 is 11.3 Å². The zero-order chi connectivity index (χ0) is 13.0. The van der Waals surface area contributed by atoms with Crippen LogP contribution in [0.1, 0.15) is 28.8 Å². The number of aromatic nitrogens is 1. The molecule has 0 fully saturated rings. The summed E-state index contributed by atoms with van der Waals surface area (Å²) in [6, 6.07) is 4.12. The molecule has 2 rings (SSSR count). The summed E-state index contributed by atoms with van der Waals surface area (Å²) in [5.41, 5.74) is 1.97. The molecule has 0 aliphatic carbocycles. The van der Waals surface area contributed by atoms with Crippen LogP contribution in [-0.4, -0.2) is 15.1 Å². The van der Waals surface area contributed by atoms with Crippen molar-refractivity contribution in [3.63, 3.8) is 0 Å². The van der Waals surface area contributed by atoms with Crippen LogP contribution in [0, 0.1) is 6.92 Å². The molecule has 0 bridgehead atoms. The first-order valence-corrected chi connectivity index (χ1v) is 8.38. The van der Waals surface area contributed by atoms with Gasteiger partial charge in [0.2, 0.25) is 0 Å². The van der Waals surface area contributed by atoms with E-state index in [1.54, 1.807) is 11.3 Å². The second kappa shape index (κ2) is 6.29. The molecule has 2 aromatic heterocycles. The maximum atomic E-state index is 12.1. The molecular formula is C13H17NO2S2. The minimum Gasteiger partial charge on any atom is -0.361 e. The average molecular weight is 283 g/mol. The fourth-order valence-electron chi connectivity index (χ4n) is 1.80. The van der Waals surface area contributed by atoms with Crippen molar-refractivity contribution >= 4 is 22.1 Å². The Bertz CT molecular complexity index is 517. The third-order valence-corrected chi connectivity index (χ3v) is 5.07. The number of aryl methyl sites for hydroxylation is 3. The largest absolute Gasteiger partial charge is 0.361 e. The maximum absolute atomic E-state index is 12.1. The Kier molecular flexibility index (Phi) is 4.72. The Balaban J connectivity index is 1.92. The minimum absolute atomic E-state index is 0.559. The molecule has 18 heavy (non-hydrogen) atoms. The predicted octanol–water partition coefficient (Wildman–Crippen LogP) is 3.10. The Morgan fingerprint density at radius 2 is 2.33 bits per heavy atom. The SMILES string of the molecule is CCc1noc(C)c1C[S@@](=O)CCc1cccs1. The fourth-order valence-corrected chi connectivity index (χ4v) is 3.92. The van der Waals surface area contributed by atoms with Crippen molar-refractivity contribution in [3.05, 3.63) is 39.4 Å². The van der Waals surface area contributed by atoms with Crippen LogP contribution < -0.4 is 0 Å². The predicted molar refractivity (Wildman–Crippen MR) is 75.4 cm³/mol. The zero-order valence-corrected chi connectivity index (χ0v) is 12.3. The van der Waals surface area contributed by atoms with Crippen LogP contribution in [0.2, 0.25) is 0 Å². The molecule has 3 nitrogen and oxygen atoms in total. The van der Waals surface area contributed by atoms with Crippen LogP contribution in [0.15, 0.2) is 22.0 Å². The fraction of sp³-hybridized carbons (Fsp3) is 0.462. The van der Waals surface area contributed by atoms with Crippen LogP contribution in [0.3, 0.4) is 0 Å². The standard InChI is InChI=1S/C13H17NO2S2/c1-3-13-12(10(2)16-14-13)9-18(15)8-6-11-5-4-7-17-11/h4-5,7H,3,6,8-9H2,1-2H3/t18-/m0/s1. The lowest BCUT2D eigenvalue weighted by Gasteiger charge is -2.01. The van der Waals surface area contributed by atoms with Crippen molar-refractivity contribution in [2.75, 3.05) is 5.75 Å². The van der Waals surface area contributed by atoms with Crippen LogP contribution in [0.25, 0.3) is 0 Å². The molecule has 1 atom stereocenters. The van der Waals surface area contributed by atoms with Crippen LogP contribution in [0.5, 0.6) is 0 Å². The van der Waals surface area contributed by atoms with Crippen molar-refractivity contribution in [2.24, 2.45) is 0 Å². The Morgan fingerprint density at radius 3 is 3.00 bits per heavy atom. The summed E-state index contributed by atoms with van der Waals surface area (Å²) in [4.78, 5) is 1.29. The van der Waals surface area contributed by atoms with Crippen molar-refractivity contribution in [2.45, 2.75) is 32.4 Å². The molecule has 0 aliphatic rings. The van der Waals surface area contributed by atoms with Crippen LogP contribution in [-0.2, 0) is 29.4 Å². The van der Waals surface area contributed by atoms with Gasteiger partial charge in [-0.25, -0.2) is 0 Å². The molecule has 0 radical (unpaired) electrons. The van der Waals surface area contributed by atoms with Gasteiger partial charge in [0.1, 0.15) is 5.76 Å². The molecule has 0 aromatic carbocycles. The Morgan fingerprint density at radius 1 is 1.50 bits per heavy atom. The van der Waals surface area contributed by atoms with Crippen molar-refractivity contribution < 1.29 is 8.73 Å². The summed E-state index contributed by atoms with van der Waals surface area (Å²) in [5.74, 6) is 2.06. The molecule has 0 aliphatic heterocycles. The van der Waals surface area contributed by atoms with E-state index in [0.29, 0.717) is 11.5 Å². The molecule has 0 unspecified atom stereocenters. The zero-order valence-electron chi connectivity index (χ0n) is 10.6. The quantitative estimate of drug-likeness (QED) is 0.818. The molecular weight excluding hydrogens is 266 g/mol. The first kappa shape index (κ1) is 13.5. The highest BCUT2D eigenvalue weighted by molar-refractivity contribution is 7.84. The second-order valence-electron chi connectivity index (χ2n) is 4.14. The maximum Gasteiger partial charge on any atom is 0.138 e. The molecule has 0 saturated heterocycles. The van der Waals surface area contributed by atoms with E-state index in [9.17, 15) is 4.21 Å². The van der Waals surface area contributed by atoms with Gasteiger partial charge < -0.3 is 4.52 Å². The van der Waals surface area contributed by atoms with Gasteiger partial charge in [-0.3, -0.25) is 4.21 Å². The van der Waals surface area contributed by atoms with Gasteiger partial charge in [0.05, 0.1) is 11.4 Å². The van der Waals surface area contributed by atoms with E-state index in [1.807, 2.05) is 19.9 Å². The van der Waals surface area contributed by atoms with E-state index in [4.69, 9.17) is 4.52 Å². The van der Waals surface area contributed by atoms with Crippen molar-refractivity contribution in [1.82, 2.24) is 5.16 Å². The summed E-state index contributed by atoms with van der Waals surface area (Å²) in [6.07, 6.45) is 1.71. The number of nitrogens with zero attached hydrogens (tertiary/aromatic N) is 1. The van der Waals surface area contributed by atoms with Gasteiger partial charge in [-0.1, -0.05) is 18.1 Å². The van der Waals surface area contributed by atoms with Gasteiger partial charge in [0, 0.05) is 27.0 Å².